The summed E-state index contributed by atoms with van der Waals surface area (Å²) in [6.45, 7) is 1.93. The third kappa shape index (κ3) is 9.45. The Kier molecular flexibility index (Phi) is 12.8. The summed E-state index contributed by atoms with van der Waals surface area (Å²) in [4.78, 5) is 0. The molecule has 0 radical (unpaired) electrons. The van der Waals surface area contributed by atoms with Crippen LogP contribution in [0.5, 0.6) is 0 Å². The summed E-state index contributed by atoms with van der Waals surface area (Å²) in [5, 5.41) is 57.7. The van der Waals surface area contributed by atoms with Gasteiger partial charge in [0.15, 0.2) is 0 Å². The van der Waals surface area contributed by atoms with E-state index in [0.717, 1.165) is 33.6 Å². The standard InChI is InChI=1S/C36H52N10O6/c37-27-15-29(39)35(33(49)31(27)47)51-13-1-3-25-19-45(43-41-25)17-21-5-9-23(10-6-21)24-11-7-22(8-12-24)18-46-20-26(42-44-46)4-2-14-52-36-30(40)16-28(38)32(48)34(36)50/h5-12,19-20,27-36,47-50H,1-4,13-18,37-40H2/t27-,28-,29+,30+,31+,32+,33-,34-,35-,36-/m1/s1. The Morgan fingerprint density at radius 1 is 0.558 bits per heavy atom. The zero-order chi connectivity index (χ0) is 36.8. The third-order valence-electron chi connectivity index (χ3n) is 10.1. The van der Waals surface area contributed by atoms with Crippen LogP contribution in [0.3, 0.4) is 0 Å². The molecule has 282 valence electrons. The van der Waals surface area contributed by atoms with E-state index in [1.54, 1.807) is 0 Å². The molecule has 10 atom stereocenters. The van der Waals surface area contributed by atoms with Gasteiger partial charge in [0, 0.05) is 49.8 Å². The molecule has 2 aliphatic carbocycles. The lowest BCUT2D eigenvalue weighted by atomic mass is 9.85. The van der Waals surface area contributed by atoms with Crippen molar-refractivity contribution in [2.24, 2.45) is 22.9 Å². The van der Waals surface area contributed by atoms with Gasteiger partial charge >= 0.3 is 0 Å². The maximum atomic E-state index is 10.3. The largest absolute Gasteiger partial charge is 0.389 e. The van der Waals surface area contributed by atoms with Crippen LogP contribution in [0.2, 0.25) is 0 Å². The van der Waals surface area contributed by atoms with Crippen molar-refractivity contribution in [3.63, 3.8) is 0 Å². The van der Waals surface area contributed by atoms with Gasteiger partial charge in [0.1, 0.15) is 24.4 Å². The highest BCUT2D eigenvalue weighted by Crippen LogP contribution is 2.24. The van der Waals surface area contributed by atoms with Crippen LogP contribution in [0.15, 0.2) is 60.9 Å². The molecule has 2 aromatic heterocycles. The summed E-state index contributed by atoms with van der Waals surface area (Å²) in [5.74, 6) is 0. The highest BCUT2D eigenvalue weighted by atomic mass is 16.5. The van der Waals surface area contributed by atoms with Crippen molar-refractivity contribution in [1.29, 1.82) is 0 Å². The zero-order valence-electron chi connectivity index (χ0n) is 29.2. The minimum absolute atomic E-state index is 0.375. The maximum absolute atomic E-state index is 10.3. The molecular weight excluding hydrogens is 668 g/mol. The Hall–Kier alpha value is -3.68. The number of hydrogen-bond donors (Lipinski definition) is 8. The molecule has 0 saturated heterocycles. The van der Waals surface area contributed by atoms with Crippen LogP contribution >= 0.6 is 0 Å². The predicted octanol–water partition coefficient (Wildman–Crippen LogP) is -1.17. The molecule has 2 fully saturated rings. The van der Waals surface area contributed by atoms with Gasteiger partial charge in [-0.05, 0) is 60.8 Å². The molecule has 0 bridgehead atoms. The Morgan fingerprint density at radius 2 is 0.942 bits per heavy atom. The van der Waals surface area contributed by atoms with Crippen molar-refractivity contribution in [1.82, 2.24) is 30.0 Å². The second-order valence-electron chi connectivity index (χ2n) is 14.2. The van der Waals surface area contributed by atoms with Crippen molar-refractivity contribution in [3.8, 4) is 11.1 Å². The van der Waals surface area contributed by atoms with Gasteiger partial charge in [-0.3, -0.25) is 0 Å². The number of aliphatic hydroxyl groups excluding tert-OH is 4. The molecule has 4 aromatic rings. The van der Waals surface area contributed by atoms with Crippen molar-refractivity contribution in [2.45, 2.75) is 112 Å². The maximum Gasteiger partial charge on any atom is 0.109 e. The van der Waals surface area contributed by atoms with Crippen LogP contribution in [0.25, 0.3) is 11.1 Å². The summed E-state index contributed by atoms with van der Waals surface area (Å²) < 4.78 is 15.2. The van der Waals surface area contributed by atoms with Gasteiger partial charge in [-0.1, -0.05) is 59.0 Å². The first-order chi connectivity index (χ1) is 25.0. The fraction of sp³-hybridized carbons (Fsp3) is 0.556. The molecule has 0 spiro atoms. The summed E-state index contributed by atoms with van der Waals surface area (Å²) in [6, 6.07) is 14.8. The number of aliphatic hydroxyl groups is 4. The van der Waals surface area contributed by atoms with E-state index >= 15 is 0 Å². The summed E-state index contributed by atoms with van der Waals surface area (Å²) in [5.41, 5.74) is 29.9. The van der Waals surface area contributed by atoms with Crippen molar-refractivity contribution in [2.75, 3.05) is 13.2 Å². The van der Waals surface area contributed by atoms with Crippen molar-refractivity contribution in [3.05, 3.63) is 83.4 Å². The van der Waals surface area contributed by atoms with E-state index < -0.39 is 60.8 Å². The van der Waals surface area contributed by atoms with Gasteiger partial charge in [-0.2, -0.15) is 0 Å². The van der Waals surface area contributed by atoms with Gasteiger partial charge in [0.25, 0.3) is 0 Å². The van der Waals surface area contributed by atoms with E-state index in [0.29, 0.717) is 64.8 Å². The number of benzene rings is 2. The van der Waals surface area contributed by atoms with Crippen LogP contribution in [0, 0.1) is 0 Å². The first-order valence-electron chi connectivity index (χ1n) is 18.0. The molecule has 0 amide bonds. The topological polar surface area (TPSA) is 265 Å². The quantitative estimate of drug-likeness (QED) is 0.0673. The van der Waals surface area contributed by atoms with E-state index in [-0.39, 0.29) is 0 Å². The van der Waals surface area contributed by atoms with Crippen molar-refractivity contribution >= 4 is 0 Å². The molecule has 52 heavy (non-hydrogen) atoms. The van der Waals surface area contributed by atoms with Crippen LogP contribution in [-0.4, -0.2) is 124 Å². The van der Waals surface area contributed by atoms with Crippen LogP contribution < -0.4 is 22.9 Å². The van der Waals surface area contributed by atoms with E-state index in [2.05, 4.69) is 69.2 Å². The Labute approximate surface area is 302 Å². The SMILES string of the molecule is N[C@@H]1C[C@H](N)[C@@H](OCCCc2cn(Cc3ccc(-c4ccc(Cn5cc(CCCO[C@H]6[C@H](O)[C@@H](O)[C@H](N)C[C@@H]6N)nn5)cc4)cc3)nn2)[C@H](O)[C@H]1O. The predicted molar refractivity (Wildman–Crippen MR) is 191 cm³/mol. The molecule has 2 saturated carbocycles. The molecule has 0 aliphatic heterocycles. The van der Waals surface area contributed by atoms with E-state index in [9.17, 15) is 20.4 Å². The number of hydrogen-bond acceptors (Lipinski definition) is 14. The average molecular weight is 721 g/mol. The van der Waals surface area contributed by atoms with Gasteiger partial charge in [-0.25, -0.2) is 9.36 Å². The van der Waals surface area contributed by atoms with Crippen LogP contribution in [0.4, 0.5) is 0 Å². The normalized spacial score (nSPS) is 29.4. The molecular formula is C36H52N10O6. The average Bonchev–Trinajstić information content (AvgIpc) is 3.78. The summed E-state index contributed by atoms with van der Waals surface area (Å²) in [7, 11) is 0. The highest BCUT2D eigenvalue weighted by Gasteiger charge is 2.42. The van der Waals surface area contributed by atoms with Crippen LogP contribution in [-0.2, 0) is 35.4 Å². The lowest BCUT2D eigenvalue weighted by Crippen LogP contribution is -2.62. The fourth-order valence-electron chi connectivity index (χ4n) is 7.01. The van der Waals surface area contributed by atoms with E-state index in [1.165, 1.54) is 0 Å². The number of aryl methyl sites for hydroxylation is 2. The molecule has 16 nitrogen and oxygen atoms in total. The zero-order valence-corrected chi connectivity index (χ0v) is 29.2. The Morgan fingerprint density at radius 3 is 1.33 bits per heavy atom. The second-order valence-corrected chi connectivity index (χ2v) is 14.2. The molecule has 16 heteroatoms. The van der Waals surface area contributed by atoms with Crippen molar-refractivity contribution < 1.29 is 29.9 Å². The smallest absolute Gasteiger partial charge is 0.109 e. The first kappa shape index (κ1) is 38.1. The Balaban J connectivity index is 0.909. The van der Waals surface area contributed by atoms with Gasteiger partial charge in [-0.15, -0.1) is 10.2 Å². The van der Waals surface area contributed by atoms with Gasteiger partial charge in [0.2, 0.25) is 0 Å². The number of rotatable bonds is 15. The number of nitrogens with two attached hydrogens (primary N) is 4. The number of ether oxygens (including phenoxy) is 2. The first-order valence-corrected chi connectivity index (χ1v) is 18.0. The third-order valence-corrected chi connectivity index (χ3v) is 10.1. The van der Waals surface area contributed by atoms with Gasteiger partial charge < -0.3 is 52.8 Å². The molecule has 0 unspecified atom stereocenters. The fourth-order valence-corrected chi connectivity index (χ4v) is 7.01. The molecule has 2 aromatic carbocycles. The summed E-state index contributed by atoms with van der Waals surface area (Å²) >= 11 is 0. The second kappa shape index (κ2) is 17.4. The Bertz CT molecular complexity index is 1560. The minimum Gasteiger partial charge on any atom is -0.389 e. The monoisotopic (exact) mass is 720 g/mol. The lowest BCUT2D eigenvalue weighted by Gasteiger charge is -2.39. The molecule has 12 N–H and O–H groups in total. The molecule has 6 rings (SSSR count). The number of aromatic nitrogens is 6. The number of nitrogens with zero attached hydrogens (tertiary/aromatic N) is 6. The molecule has 2 aliphatic rings. The lowest BCUT2D eigenvalue weighted by molar-refractivity contribution is -0.127. The summed E-state index contributed by atoms with van der Waals surface area (Å²) in [6.07, 6.45) is 1.74. The molecule has 2 heterocycles. The van der Waals surface area contributed by atoms with Crippen LogP contribution in [0.1, 0.15) is 48.2 Å². The van der Waals surface area contributed by atoms with Gasteiger partial charge in [0.05, 0.1) is 36.7 Å². The minimum atomic E-state index is -1.10. The van der Waals surface area contributed by atoms with E-state index in [4.69, 9.17) is 32.4 Å². The van der Waals surface area contributed by atoms with E-state index in [1.807, 2.05) is 21.8 Å². The highest BCUT2D eigenvalue weighted by molar-refractivity contribution is 5.64.